The van der Waals surface area contributed by atoms with Crippen molar-refractivity contribution in [2.45, 2.75) is 31.7 Å². The van der Waals surface area contributed by atoms with E-state index in [2.05, 4.69) is 5.32 Å². The Morgan fingerprint density at radius 3 is 2.62 bits per heavy atom. The summed E-state index contributed by atoms with van der Waals surface area (Å²) in [5.41, 5.74) is 0. The van der Waals surface area contributed by atoms with Gasteiger partial charge in [0, 0.05) is 12.3 Å². The van der Waals surface area contributed by atoms with Crippen LogP contribution in [0, 0.1) is 5.92 Å². The van der Waals surface area contributed by atoms with E-state index >= 15 is 0 Å². The van der Waals surface area contributed by atoms with Gasteiger partial charge in [-0.25, -0.2) is 8.42 Å². The smallest absolute Gasteiger partial charge is 0.147 e. The summed E-state index contributed by atoms with van der Waals surface area (Å²) in [7, 11) is -0.809. The second kappa shape index (κ2) is 4.42. The maximum absolute atomic E-state index is 11.0. The van der Waals surface area contributed by atoms with Crippen LogP contribution in [0.4, 0.5) is 0 Å². The van der Waals surface area contributed by atoms with Crippen LogP contribution in [0.2, 0.25) is 0 Å². The summed E-state index contributed by atoms with van der Waals surface area (Å²) in [5.74, 6) is 0.912. The Hall–Kier alpha value is -0.0900. The van der Waals surface area contributed by atoms with Crippen molar-refractivity contribution >= 4 is 9.84 Å². The quantitative estimate of drug-likeness (QED) is 0.739. The molecule has 1 fully saturated rings. The van der Waals surface area contributed by atoms with Crippen molar-refractivity contribution in [2.24, 2.45) is 5.92 Å². The molecule has 1 aliphatic carbocycles. The van der Waals surface area contributed by atoms with E-state index in [0.717, 1.165) is 6.42 Å². The summed E-state index contributed by atoms with van der Waals surface area (Å²) in [5, 5.41) is 3.26. The Balaban J connectivity index is 2.36. The zero-order valence-electron chi connectivity index (χ0n) is 8.41. The molecular weight excluding hydrogens is 186 g/mol. The van der Waals surface area contributed by atoms with Gasteiger partial charge in [-0.2, -0.15) is 0 Å². The fourth-order valence-electron chi connectivity index (χ4n) is 2.13. The molecule has 0 saturated heterocycles. The maximum Gasteiger partial charge on any atom is 0.147 e. The third kappa shape index (κ3) is 3.65. The van der Waals surface area contributed by atoms with Crippen LogP contribution in [0.15, 0.2) is 0 Å². The first-order valence-corrected chi connectivity index (χ1v) is 6.94. The first kappa shape index (κ1) is 11.0. The molecule has 0 aromatic rings. The summed E-state index contributed by atoms with van der Waals surface area (Å²) in [6.45, 7) is 0. The van der Waals surface area contributed by atoms with Gasteiger partial charge in [0.2, 0.25) is 0 Å². The van der Waals surface area contributed by atoms with Gasteiger partial charge in [-0.05, 0) is 32.2 Å². The number of nitrogens with one attached hydrogen (secondary N) is 1. The predicted octanol–water partition coefficient (Wildman–Crippen LogP) is 0.809. The van der Waals surface area contributed by atoms with Gasteiger partial charge in [-0.1, -0.05) is 6.42 Å². The Morgan fingerprint density at radius 2 is 2.08 bits per heavy atom. The van der Waals surface area contributed by atoms with Gasteiger partial charge in [0.15, 0.2) is 0 Å². The third-order valence-electron chi connectivity index (χ3n) is 2.89. The van der Waals surface area contributed by atoms with Gasteiger partial charge in [-0.3, -0.25) is 0 Å². The molecule has 3 nitrogen and oxygen atoms in total. The summed E-state index contributed by atoms with van der Waals surface area (Å²) in [6.07, 6.45) is 5.76. The van der Waals surface area contributed by atoms with Gasteiger partial charge in [0.1, 0.15) is 9.84 Å². The van der Waals surface area contributed by atoms with Crippen LogP contribution < -0.4 is 5.32 Å². The molecule has 1 N–H and O–H groups in total. The Kier molecular flexibility index (Phi) is 3.74. The molecule has 1 aliphatic rings. The maximum atomic E-state index is 11.0. The standard InChI is InChI=1S/C9H19NO2S/c1-10-9-5-3-4-8(9)6-7-13(2,11)12/h8-10H,3-7H2,1-2H3. The largest absolute Gasteiger partial charge is 0.317 e. The van der Waals surface area contributed by atoms with Crippen LogP contribution in [0.25, 0.3) is 0 Å². The average molecular weight is 205 g/mol. The van der Waals surface area contributed by atoms with E-state index in [1.54, 1.807) is 0 Å². The van der Waals surface area contributed by atoms with Gasteiger partial charge in [-0.15, -0.1) is 0 Å². The molecular formula is C9H19NO2S. The van der Waals surface area contributed by atoms with E-state index in [-0.39, 0.29) is 0 Å². The number of hydrogen-bond acceptors (Lipinski definition) is 3. The molecule has 0 bridgehead atoms. The normalized spacial score (nSPS) is 29.4. The molecule has 13 heavy (non-hydrogen) atoms. The van der Waals surface area contributed by atoms with E-state index in [4.69, 9.17) is 0 Å². The van der Waals surface area contributed by atoms with E-state index in [1.807, 2.05) is 7.05 Å². The highest BCUT2D eigenvalue weighted by Crippen LogP contribution is 2.28. The van der Waals surface area contributed by atoms with Crippen LogP contribution in [0.1, 0.15) is 25.7 Å². The average Bonchev–Trinajstić information content (AvgIpc) is 2.46. The van der Waals surface area contributed by atoms with Crippen molar-refractivity contribution in [1.29, 1.82) is 0 Å². The molecule has 4 heteroatoms. The highest BCUT2D eigenvalue weighted by molar-refractivity contribution is 7.90. The topological polar surface area (TPSA) is 46.2 Å². The minimum atomic E-state index is -2.77. The second-order valence-electron chi connectivity index (χ2n) is 4.00. The molecule has 0 aromatic heterocycles. The Morgan fingerprint density at radius 1 is 1.38 bits per heavy atom. The molecule has 1 saturated carbocycles. The van der Waals surface area contributed by atoms with Gasteiger partial charge < -0.3 is 5.32 Å². The molecule has 2 unspecified atom stereocenters. The van der Waals surface area contributed by atoms with Crippen molar-refractivity contribution in [3.05, 3.63) is 0 Å². The zero-order chi connectivity index (χ0) is 9.90. The van der Waals surface area contributed by atoms with Crippen molar-refractivity contribution in [2.75, 3.05) is 19.1 Å². The molecule has 0 aromatic carbocycles. The fourth-order valence-corrected chi connectivity index (χ4v) is 2.86. The molecule has 78 valence electrons. The van der Waals surface area contributed by atoms with E-state index in [9.17, 15) is 8.42 Å². The molecule has 0 heterocycles. The third-order valence-corrected chi connectivity index (χ3v) is 3.87. The van der Waals surface area contributed by atoms with Crippen LogP contribution in [0.3, 0.4) is 0 Å². The molecule has 0 radical (unpaired) electrons. The SMILES string of the molecule is CNC1CCCC1CCS(C)(=O)=O. The minimum Gasteiger partial charge on any atom is -0.317 e. The van der Waals surface area contributed by atoms with E-state index in [1.165, 1.54) is 25.5 Å². The highest BCUT2D eigenvalue weighted by atomic mass is 32.2. The van der Waals surface area contributed by atoms with Crippen LogP contribution in [-0.4, -0.2) is 33.5 Å². The first-order valence-electron chi connectivity index (χ1n) is 4.88. The lowest BCUT2D eigenvalue weighted by atomic mass is 10.0. The molecule has 0 aliphatic heterocycles. The second-order valence-corrected chi connectivity index (χ2v) is 6.26. The van der Waals surface area contributed by atoms with Crippen LogP contribution in [0.5, 0.6) is 0 Å². The van der Waals surface area contributed by atoms with E-state index < -0.39 is 9.84 Å². The highest BCUT2D eigenvalue weighted by Gasteiger charge is 2.26. The lowest BCUT2D eigenvalue weighted by molar-refractivity contribution is 0.414. The van der Waals surface area contributed by atoms with E-state index in [0.29, 0.717) is 17.7 Å². The Bertz CT molecular complexity index is 248. The lowest BCUT2D eigenvalue weighted by Gasteiger charge is -2.17. The van der Waals surface area contributed by atoms with Crippen molar-refractivity contribution in [1.82, 2.24) is 5.32 Å². The van der Waals surface area contributed by atoms with Crippen LogP contribution in [-0.2, 0) is 9.84 Å². The summed E-state index contributed by atoms with van der Waals surface area (Å²) < 4.78 is 21.9. The minimum absolute atomic E-state index is 0.343. The molecule has 2 atom stereocenters. The van der Waals surface area contributed by atoms with Gasteiger partial charge in [0.25, 0.3) is 0 Å². The number of hydrogen-bond donors (Lipinski definition) is 1. The number of rotatable bonds is 4. The monoisotopic (exact) mass is 205 g/mol. The van der Waals surface area contributed by atoms with Gasteiger partial charge in [0.05, 0.1) is 5.75 Å². The predicted molar refractivity (Wildman–Crippen MR) is 54.5 cm³/mol. The molecule has 0 amide bonds. The summed E-state index contributed by atoms with van der Waals surface area (Å²) in [4.78, 5) is 0. The number of sulfone groups is 1. The molecule has 0 spiro atoms. The summed E-state index contributed by atoms with van der Waals surface area (Å²) in [6, 6.07) is 0.543. The zero-order valence-corrected chi connectivity index (χ0v) is 9.23. The fraction of sp³-hybridized carbons (Fsp3) is 1.00. The van der Waals surface area contributed by atoms with Crippen molar-refractivity contribution in [3.63, 3.8) is 0 Å². The summed E-state index contributed by atoms with van der Waals surface area (Å²) >= 11 is 0. The van der Waals surface area contributed by atoms with Crippen molar-refractivity contribution in [3.8, 4) is 0 Å². The molecule has 1 rings (SSSR count). The van der Waals surface area contributed by atoms with Crippen LogP contribution >= 0.6 is 0 Å². The van der Waals surface area contributed by atoms with Gasteiger partial charge >= 0.3 is 0 Å². The lowest BCUT2D eigenvalue weighted by Crippen LogP contribution is -2.29. The Labute approximate surface area is 80.8 Å². The first-order chi connectivity index (χ1) is 6.03. The van der Waals surface area contributed by atoms with Crippen molar-refractivity contribution < 1.29 is 8.42 Å².